The van der Waals surface area contributed by atoms with Gasteiger partial charge in [0.15, 0.2) is 5.25 Å². The van der Waals surface area contributed by atoms with Gasteiger partial charge in [0.05, 0.1) is 14.2 Å². The van der Waals surface area contributed by atoms with Crippen LogP contribution in [-0.2, 0) is 25.5 Å². The van der Waals surface area contributed by atoms with Crippen LogP contribution in [0.25, 0.3) is 0 Å². The fourth-order valence-electron chi connectivity index (χ4n) is 2.08. The fourth-order valence-corrected chi connectivity index (χ4v) is 4.25. The number of amides is 1. The Morgan fingerprint density at radius 3 is 2.77 bits per heavy atom. The lowest BCUT2D eigenvalue weighted by Crippen LogP contribution is -2.47. The summed E-state index contributed by atoms with van der Waals surface area (Å²) in [6.07, 6.45) is 1.59. The summed E-state index contributed by atoms with van der Waals surface area (Å²) in [5, 5.41) is 2.09. The van der Waals surface area contributed by atoms with Crippen molar-refractivity contribution in [3.63, 3.8) is 0 Å². The number of aryl methyl sites for hydroxylation is 1. The molecule has 2 atom stereocenters. The molecule has 1 aliphatic rings. The van der Waals surface area contributed by atoms with Crippen molar-refractivity contribution in [1.29, 1.82) is 0 Å². The molecule has 0 radical (unpaired) electrons. The maximum absolute atomic E-state index is 11.6. The van der Waals surface area contributed by atoms with Gasteiger partial charge in [-0.25, -0.2) is 4.79 Å². The van der Waals surface area contributed by atoms with E-state index in [-0.39, 0.29) is 17.1 Å². The van der Waals surface area contributed by atoms with Gasteiger partial charge < -0.3 is 14.8 Å². The number of hydrogen-bond acceptors (Lipinski definition) is 7. The Labute approximate surface area is 136 Å². The van der Waals surface area contributed by atoms with Crippen molar-refractivity contribution in [3.8, 4) is 0 Å². The molecule has 22 heavy (non-hydrogen) atoms. The van der Waals surface area contributed by atoms with Crippen molar-refractivity contribution in [1.82, 2.24) is 5.32 Å². The summed E-state index contributed by atoms with van der Waals surface area (Å²) in [6.45, 7) is 0.534. The summed E-state index contributed by atoms with van der Waals surface area (Å²) in [4.78, 5) is 36.3. The average Bonchev–Trinajstić information content (AvgIpc) is 3.01. The molecule has 2 heterocycles. The van der Waals surface area contributed by atoms with Gasteiger partial charge in [0.25, 0.3) is 0 Å². The van der Waals surface area contributed by atoms with Gasteiger partial charge in [-0.05, 0) is 25.0 Å². The predicted octanol–water partition coefficient (Wildman–Crippen LogP) is 1.24. The molecular formula is C14H17NO5S2. The molecule has 2 unspecified atom stereocenters. The molecule has 1 saturated heterocycles. The predicted molar refractivity (Wildman–Crippen MR) is 84.2 cm³/mol. The molecule has 0 aromatic carbocycles. The average molecular weight is 343 g/mol. The first-order valence-corrected chi connectivity index (χ1v) is 8.49. The molecule has 120 valence electrons. The van der Waals surface area contributed by atoms with Gasteiger partial charge in [-0.3, -0.25) is 9.59 Å². The van der Waals surface area contributed by atoms with Gasteiger partial charge in [-0.2, -0.15) is 0 Å². The Kier molecular flexibility index (Phi) is 5.84. The highest BCUT2D eigenvalue weighted by Crippen LogP contribution is 2.28. The van der Waals surface area contributed by atoms with Crippen LogP contribution < -0.4 is 5.32 Å². The zero-order valence-corrected chi connectivity index (χ0v) is 13.9. The Morgan fingerprint density at radius 1 is 1.32 bits per heavy atom. The van der Waals surface area contributed by atoms with Crippen LogP contribution in [-0.4, -0.2) is 49.1 Å². The quantitative estimate of drug-likeness (QED) is 0.640. The number of hydrogen-bond donors (Lipinski definition) is 1. The standard InChI is InChI=1S/C14H17NO5S2/c1-19-13(17)10-6-5-8(21-10)3-4-9-7-15-12(16)11(22-9)14(18)20-2/h5-6,9,11H,3-4,7H2,1-2H3,(H,15,16). The van der Waals surface area contributed by atoms with E-state index in [1.165, 1.54) is 37.3 Å². The Hall–Kier alpha value is -1.54. The summed E-state index contributed by atoms with van der Waals surface area (Å²) < 4.78 is 9.32. The van der Waals surface area contributed by atoms with Gasteiger partial charge in [-0.15, -0.1) is 23.1 Å². The normalized spacial score (nSPS) is 21.1. The van der Waals surface area contributed by atoms with Gasteiger partial charge in [-0.1, -0.05) is 0 Å². The maximum Gasteiger partial charge on any atom is 0.348 e. The SMILES string of the molecule is COC(=O)c1ccc(CCC2CNC(=O)C(C(=O)OC)S2)s1. The molecule has 0 bridgehead atoms. The molecule has 1 amide bonds. The number of nitrogens with one attached hydrogen (secondary N) is 1. The number of thioether (sulfide) groups is 1. The summed E-state index contributed by atoms with van der Waals surface area (Å²) >= 11 is 2.74. The van der Waals surface area contributed by atoms with E-state index in [4.69, 9.17) is 0 Å². The lowest BCUT2D eigenvalue weighted by atomic mass is 10.2. The van der Waals surface area contributed by atoms with E-state index in [0.29, 0.717) is 11.4 Å². The second-order valence-corrected chi connectivity index (χ2v) is 7.28. The molecule has 1 N–H and O–H groups in total. The van der Waals surface area contributed by atoms with Crippen LogP contribution in [0.3, 0.4) is 0 Å². The molecule has 8 heteroatoms. The molecule has 1 aromatic rings. The molecule has 2 rings (SSSR count). The summed E-state index contributed by atoms with van der Waals surface area (Å²) in [5.41, 5.74) is 0. The van der Waals surface area contributed by atoms with Crippen LogP contribution in [0.15, 0.2) is 12.1 Å². The number of methoxy groups -OCH3 is 2. The van der Waals surface area contributed by atoms with Gasteiger partial charge in [0.1, 0.15) is 4.88 Å². The van der Waals surface area contributed by atoms with Gasteiger partial charge >= 0.3 is 11.9 Å². The minimum Gasteiger partial charge on any atom is -0.468 e. The molecule has 1 fully saturated rings. The smallest absolute Gasteiger partial charge is 0.348 e. The van der Waals surface area contributed by atoms with Crippen LogP contribution in [0.5, 0.6) is 0 Å². The molecule has 6 nitrogen and oxygen atoms in total. The van der Waals surface area contributed by atoms with E-state index in [1.54, 1.807) is 6.07 Å². The van der Waals surface area contributed by atoms with Crippen molar-refractivity contribution >= 4 is 40.9 Å². The van der Waals surface area contributed by atoms with Gasteiger partial charge in [0.2, 0.25) is 5.91 Å². The second kappa shape index (κ2) is 7.64. The van der Waals surface area contributed by atoms with Crippen molar-refractivity contribution in [2.24, 2.45) is 0 Å². The third-order valence-corrected chi connectivity index (χ3v) is 5.84. The highest BCUT2D eigenvalue weighted by atomic mass is 32.2. The molecule has 1 aromatic heterocycles. The minimum atomic E-state index is -0.794. The second-order valence-electron chi connectivity index (χ2n) is 4.70. The van der Waals surface area contributed by atoms with E-state index in [2.05, 4.69) is 14.8 Å². The summed E-state index contributed by atoms with van der Waals surface area (Å²) in [7, 11) is 2.63. The van der Waals surface area contributed by atoms with Crippen LogP contribution in [0.1, 0.15) is 21.0 Å². The summed E-state index contributed by atoms with van der Waals surface area (Å²) in [5.74, 6) is -1.14. The molecule has 0 saturated carbocycles. The van der Waals surface area contributed by atoms with Crippen molar-refractivity contribution in [2.45, 2.75) is 23.3 Å². The molecular weight excluding hydrogens is 326 g/mol. The summed E-state index contributed by atoms with van der Waals surface area (Å²) in [6, 6.07) is 3.65. The third-order valence-electron chi connectivity index (χ3n) is 3.25. The fraction of sp³-hybridized carbons (Fsp3) is 0.500. The van der Waals surface area contributed by atoms with E-state index in [1.807, 2.05) is 6.07 Å². The van der Waals surface area contributed by atoms with Crippen LogP contribution in [0.4, 0.5) is 0 Å². The number of carbonyl (C=O) groups excluding carboxylic acids is 3. The zero-order valence-electron chi connectivity index (χ0n) is 12.3. The topological polar surface area (TPSA) is 81.7 Å². The highest BCUT2D eigenvalue weighted by Gasteiger charge is 2.35. The van der Waals surface area contributed by atoms with E-state index < -0.39 is 11.2 Å². The Morgan fingerprint density at radius 2 is 2.09 bits per heavy atom. The molecule has 0 spiro atoms. The Balaban J connectivity index is 1.89. The molecule has 0 aliphatic carbocycles. The first kappa shape index (κ1) is 16.8. The minimum absolute atomic E-state index is 0.144. The largest absolute Gasteiger partial charge is 0.468 e. The van der Waals surface area contributed by atoms with E-state index >= 15 is 0 Å². The lowest BCUT2D eigenvalue weighted by molar-refractivity contribution is -0.143. The number of carbonyl (C=O) groups is 3. The van der Waals surface area contributed by atoms with Gasteiger partial charge in [0, 0.05) is 16.7 Å². The number of esters is 2. The maximum atomic E-state index is 11.6. The number of ether oxygens (including phenoxy) is 2. The van der Waals surface area contributed by atoms with Crippen molar-refractivity contribution in [3.05, 3.63) is 21.9 Å². The Bertz CT molecular complexity index is 563. The van der Waals surface area contributed by atoms with Crippen molar-refractivity contribution in [2.75, 3.05) is 20.8 Å². The number of thiophene rings is 1. The number of rotatable bonds is 5. The highest BCUT2D eigenvalue weighted by molar-refractivity contribution is 8.02. The lowest BCUT2D eigenvalue weighted by Gasteiger charge is -2.27. The first-order valence-electron chi connectivity index (χ1n) is 6.73. The van der Waals surface area contributed by atoms with Crippen LogP contribution >= 0.6 is 23.1 Å². The van der Waals surface area contributed by atoms with Crippen LogP contribution in [0.2, 0.25) is 0 Å². The molecule has 1 aliphatic heterocycles. The third kappa shape index (κ3) is 4.01. The monoisotopic (exact) mass is 343 g/mol. The van der Waals surface area contributed by atoms with Crippen LogP contribution in [0, 0.1) is 0 Å². The zero-order chi connectivity index (χ0) is 16.1. The van der Waals surface area contributed by atoms with E-state index in [9.17, 15) is 14.4 Å². The first-order chi connectivity index (χ1) is 10.5. The van der Waals surface area contributed by atoms with E-state index in [0.717, 1.165) is 17.7 Å². The van der Waals surface area contributed by atoms with Crippen molar-refractivity contribution < 1.29 is 23.9 Å².